The van der Waals surface area contributed by atoms with E-state index in [0.29, 0.717) is 11.3 Å². The number of anilines is 1. The van der Waals surface area contributed by atoms with E-state index in [2.05, 4.69) is 5.32 Å². The molecule has 1 atom stereocenters. The van der Waals surface area contributed by atoms with E-state index in [1.54, 1.807) is 25.3 Å². The third-order valence-corrected chi connectivity index (χ3v) is 8.63. The van der Waals surface area contributed by atoms with Crippen LogP contribution in [-0.2, 0) is 32.6 Å². The average Bonchev–Trinajstić information content (AvgIpc) is 2.98. The quantitative estimate of drug-likeness (QED) is 0.328. The Morgan fingerprint density at radius 3 is 2.31 bits per heavy atom. The van der Waals surface area contributed by atoms with Gasteiger partial charge in [0.1, 0.15) is 24.2 Å². The first-order chi connectivity index (χ1) is 20.1. The molecule has 2 amide bonds. The molecule has 0 bridgehead atoms. The molecule has 4 rings (SSSR count). The summed E-state index contributed by atoms with van der Waals surface area (Å²) in [5, 5.41) is 3.17. The standard InChI is InChI=1S/C32H38FN3O5S/c1-41-29-18-9-13-25(19-29)22-35(31(37)23-36(42(2,39)40)28-17-10-14-26(33)21-28)30(20-24-11-5-3-6-12-24)32(38)34-27-15-7-4-8-16-27/h3,5-6,9-14,17-19,21,27,30H,4,7-8,15-16,20,22-23H2,1-2H3,(H,34,38). The van der Waals surface area contributed by atoms with E-state index < -0.39 is 34.3 Å². The van der Waals surface area contributed by atoms with Crippen molar-refractivity contribution in [3.63, 3.8) is 0 Å². The van der Waals surface area contributed by atoms with Crippen LogP contribution in [0.3, 0.4) is 0 Å². The van der Waals surface area contributed by atoms with Crippen molar-refractivity contribution < 1.29 is 27.1 Å². The lowest BCUT2D eigenvalue weighted by molar-refractivity contribution is -0.140. The van der Waals surface area contributed by atoms with Crippen molar-refractivity contribution in [3.8, 4) is 5.75 Å². The molecule has 0 saturated heterocycles. The number of nitrogens with one attached hydrogen (secondary N) is 1. The maximum absolute atomic E-state index is 14.2. The molecule has 8 nitrogen and oxygen atoms in total. The molecule has 0 radical (unpaired) electrons. The SMILES string of the molecule is COc1cccc(CN(C(=O)CN(c2cccc(F)c2)S(C)(=O)=O)C(Cc2ccccc2)C(=O)NC2CCCCC2)c1. The van der Waals surface area contributed by atoms with Crippen molar-refractivity contribution >= 4 is 27.5 Å². The molecule has 1 aliphatic rings. The summed E-state index contributed by atoms with van der Waals surface area (Å²) in [5.74, 6) is -0.926. The number of nitrogens with zero attached hydrogens (tertiary/aromatic N) is 2. The Balaban J connectivity index is 1.73. The number of hydrogen-bond acceptors (Lipinski definition) is 5. The van der Waals surface area contributed by atoms with Gasteiger partial charge in [-0.25, -0.2) is 12.8 Å². The normalized spacial score (nSPS) is 14.5. The van der Waals surface area contributed by atoms with Crippen LogP contribution in [0.4, 0.5) is 10.1 Å². The van der Waals surface area contributed by atoms with Crippen LogP contribution in [0.1, 0.15) is 43.2 Å². The number of benzene rings is 3. The molecule has 0 heterocycles. The molecule has 224 valence electrons. The fraction of sp³-hybridized carbons (Fsp3) is 0.375. The Bertz CT molecular complexity index is 1460. The minimum absolute atomic E-state index is 0.0121. The Morgan fingerprint density at radius 1 is 0.952 bits per heavy atom. The zero-order chi connectivity index (χ0) is 30.1. The molecule has 1 fully saturated rings. The van der Waals surface area contributed by atoms with Crippen LogP contribution in [0.15, 0.2) is 78.9 Å². The zero-order valence-electron chi connectivity index (χ0n) is 24.0. The molecule has 1 N–H and O–H groups in total. The number of halogens is 1. The predicted molar refractivity (Wildman–Crippen MR) is 161 cm³/mol. The summed E-state index contributed by atoms with van der Waals surface area (Å²) in [7, 11) is -2.43. The number of carbonyl (C=O) groups excluding carboxylic acids is 2. The molecule has 1 unspecified atom stereocenters. The minimum atomic E-state index is -3.98. The number of rotatable bonds is 12. The van der Waals surface area contributed by atoms with Crippen LogP contribution in [0, 0.1) is 5.82 Å². The molecule has 0 spiro atoms. The van der Waals surface area contributed by atoms with Crippen molar-refractivity contribution in [2.75, 3.05) is 24.2 Å². The Morgan fingerprint density at radius 2 is 1.64 bits per heavy atom. The highest BCUT2D eigenvalue weighted by atomic mass is 32.2. The number of hydrogen-bond donors (Lipinski definition) is 1. The summed E-state index contributed by atoms with van der Waals surface area (Å²) in [5.41, 5.74) is 1.59. The maximum Gasteiger partial charge on any atom is 0.244 e. The lowest BCUT2D eigenvalue weighted by Gasteiger charge is -2.35. The summed E-state index contributed by atoms with van der Waals surface area (Å²) in [6.45, 7) is -0.569. The van der Waals surface area contributed by atoms with E-state index in [9.17, 15) is 22.4 Å². The number of carbonyl (C=O) groups is 2. The Hall–Kier alpha value is -3.92. The molecule has 0 aromatic heterocycles. The van der Waals surface area contributed by atoms with Crippen molar-refractivity contribution in [1.82, 2.24) is 10.2 Å². The topological polar surface area (TPSA) is 96.0 Å². The Labute approximate surface area is 247 Å². The summed E-state index contributed by atoms with van der Waals surface area (Å²) in [6.07, 6.45) is 6.12. The summed E-state index contributed by atoms with van der Waals surface area (Å²) in [6, 6.07) is 20.7. The highest BCUT2D eigenvalue weighted by Crippen LogP contribution is 2.23. The van der Waals surface area contributed by atoms with Gasteiger partial charge in [-0.05, 0) is 54.3 Å². The van der Waals surface area contributed by atoms with Crippen LogP contribution >= 0.6 is 0 Å². The van der Waals surface area contributed by atoms with Gasteiger partial charge in [0.25, 0.3) is 0 Å². The van der Waals surface area contributed by atoms with Crippen molar-refractivity contribution in [2.24, 2.45) is 0 Å². The van der Waals surface area contributed by atoms with Gasteiger partial charge < -0.3 is 15.0 Å². The average molecular weight is 596 g/mol. The predicted octanol–water partition coefficient (Wildman–Crippen LogP) is 4.69. The number of methoxy groups -OCH3 is 1. The molecule has 1 aliphatic carbocycles. The monoisotopic (exact) mass is 595 g/mol. The first-order valence-electron chi connectivity index (χ1n) is 14.1. The van der Waals surface area contributed by atoms with Gasteiger partial charge in [-0.2, -0.15) is 0 Å². The molecule has 3 aromatic carbocycles. The van der Waals surface area contributed by atoms with Gasteiger partial charge in [0.15, 0.2) is 0 Å². The lowest BCUT2D eigenvalue weighted by atomic mass is 9.94. The number of ether oxygens (including phenoxy) is 1. The van der Waals surface area contributed by atoms with Gasteiger partial charge in [0.2, 0.25) is 21.8 Å². The molecular formula is C32H38FN3O5S. The van der Waals surface area contributed by atoms with Crippen LogP contribution < -0.4 is 14.4 Å². The van der Waals surface area contributed by atoms with E-state index in [4.69, 9.17) is 4.74 Å². The third kappa shape index (κ3) is 8.55. The first kappa shape index (κ1) is 31.0. The van der Waals surface area contributed by atoms with Gasteiger partial charge in [-0.3, -0.25) is 13.9 Å². The van der Waals surface area contributed by atoms with E-state index in [0.717, 1.165) is 54.3 Å². The molecule has 0 aliphatic heterocycles. The van der Waals surface area contributed by atoms with Gasteiger partial charge in [0.05, 0.1) is 19.1 Å². The summed E-state index contributed by atoms with van der Waals surface area (Å²) >= 11 is 0. The smallest absolute Gasteiger partial charge is 0.244 e. The fourth-order valence-electron chi connectivity index (χ4n) is 5.31. The lowest BCUT2D eigenvalue weighted by Crippen LogP contribution is -2.55. The summed E-state index contributed by atoms with van der Waals surface area (Å²) in [4.78, 5) is 29.5. The minimum Gasteiger partial charge on any atom is -0.497 e. The molecular weight excluding hydrogens is 557 g/mol. The highest BCUT2D eigenvalue weighted by Gasteiger charge is 2.34. The highest BCUT2D eigenvalue weighted by molar-refractivity contribution is 7.92. The van der Waals surface area contributed by atoms with Crippen molar-refractivity contribution in [3.05, 3.63) is 95.8 Å². The van der Waals surface area contributed by atoms with Crippen LogP contribution in [-0.4, -0.2) is 57.1 Å². The third-order valence-electron chi connectivity index (χ3n) is 7.49. The zero-order valence-corrected chi connectivity index (χ0v) is 24.9. The molecule has 1 saturated carbocycles. The summed E-state index contributed by atoms with van der Waals surface area (Å²) < 4.78 is 46.0. The largest absolute Gasteiger partial charge is 0.497 e. The number of amides is 2. The van der Waals surface area contributed by atoms with Gasteiger partial charge in [-0.1, -0.05) is 67.8 Å². The molecule has 42 heavy (non-hydrogen) atoms. The van der Waals surface area contributed by atoms with Crippen LogP contribution in [0.25, 0.3) is 0 Å². The molecule has 3 aromatic rings. The van der Waals surface area contributed by atoms with Crippen molar-refractivity contribution in [1.29, 1.82) is 0 Å². The van der Waals surface area contributed by atoms with Crippen molar-refractivity contribution in [2.45, 2.75) is 57.2 Å². The maximum atomic E-state index is 14.2. The Kier molecular flexibility index (Phi) is 10.6. The van der Waals surface area contributed by atoms with Crippen LogP contribution in [0.5, 0.6) is 5.75 Å². The van der Waals surface area contributed by atoms with E-state index in [1.165, 1.54) is 23.1 Å². The number of sulfonamides is 1. The van der Waals surface area contributed by atoms with Gasteiger partial charge in [-0.15, -0.1) is 0 Å². The second kappa shape index (κ2) is 14.3. The second-order valence-electron chi connectivity index (χ2n) is 10.7. The first-order valence-corrected chi connectivity index (χ1v) is 16.0. The van der Waals surface area contributed by atoms with E-state index >= 15 is 0 Å². The van der Waals surface area contributed by atoms with E-state index in [-0.39, 0.29) is 30.6 Å². The second-order valence-corrected chi connectivity index (χ2v) is 12.6. The fourth-order valence-corrected chi connectivity index (χ4v) is 6.15. The van der Waals surface area contributed by atoms with Gasteiger partial charge in [0, 0.05) is 19.0 Å². The van der Waals surface area contributed by atoms with E-state index in [1.807, 2.05) is 36.4 Å². The molecule has 10 heteroatoms. The van der Waals surface area contributed by atoms with Crippen LogP contribution in [0.2, 0.25) is 0 Å². The van der Waals surface area contributed by atoms with Gasteiger partial charge >= 0.3 is 0 Å².